The Kier molecular flexibility index (Phi) is 5.11. The normalized spacial score (nSPS) is 24.1. The lowest BCUT2D eigenvalue weighted by atomic mass is 10.1. The fourth-order valence-corrected chi connectivity index (χ4v) is 3.24. The molecular formula is C18H19N5O6. The standard InChI is InChI=1S/C18H19N5O6/c24-9-13-14(25)15(26)17(29-13)22-8-12(16(27)19-18(22)28)23-7-11(20-21-23)6-10-4-2-1-3-5-10/h1-5,7-8,13-15,17,24-26H,6,9H2,(H,19,27,28). The molecule has 152 valence electrons. The van der Waals surface area contributed by atoms with Crippen molar-refractivity contribution < 1.29 is 20.1 Å². The average Bonchev–Trinajstić information content (AvgIpc) is 3.28. The molecule has 4 rings (SSSR count). The van der Waals surface area contributed by atoms with E-state index in [1.54, 1.807) is 6.20 Å². The molecule has 3 aromatic rings. The van der Waals surface area contributed by atoms with Crippen LogP contribution in [-0.4, -0.2) is 64.8 Å². The highest BCUT2D eigenvalue weighted by Gasteiger charge is 2.43. The Hall–Kier alpha value is -3.12. The quantitative estimate of drug-likeness (QED) is 0.395. The lowest BCUT2D eigenvalue weighted by Crippen LogP contribution is -2.39. The highest BCUT2D eigenvalue weighted by molar-refractivity contribution is 5.26. The second kappa shape index (κ2) is 7.72. The number of H-pyrrole nitrogens is 1. The topological polar surface area (TPSA) is 155 Å². The molecular weight excluding hydrogens is 382 g/mol. The van der Waals surface area contributed by atoms with E-state index in [0.29, 0.717) is 12.1 Å². The van der Waals surface area contributed by atoms with Crippen molar-refractivity contribution in [2.45, 2.75) is 31.0 Å². The van der Waals surface area contributed by atoms with Crippen LogP contribution in [0.15, 0.2) is 52.3 Å². The lowest BCUT2D eigenvalue weighted by molar-refractivity contribution is -0.0550. The molecule has 29 heavy (non-hydrogen) atoms. The average molecular weight is 401 g/mol. The van der Waals surface area contributed by atoms with E-state index in [1.807, 2.05) is 30.3 Å². The summed E-state index contributed by atoms with van der Waals surface area (Å²) in [6, 6.07) is 9.59. The molecule has 0 amide bonds. The van der Waals surface area contributed by atoms with Crippen molar-refractivity contribution in [1.29, 1.82) is 0 Å². The molecule has 0 bridgehead atoms. The third kappa shape index (κ3) is 3.63. The van der Waals surface area contributed by atoms with Gasteiger partial charge in [-0.1, -0.05) is 35.5 Å². The number of rotatable bonds is 5. The van der Waals surface area contributed by atoms with Gasteiger partial charge in [-0.05, 0) is 5.56 Å². The molecule has 0 aliphatic carbocycles. The first-order valence-corrected chi connectivity index (χ1v) is 8.91. The zero-order valence-corrected chi connectivity index (χ0v) is 15.1. The number of hydrogen-bond acceptors (Lipinski definition) is 8. The Labute approximate surface area is 163 Å². The number of ether oxygens (including phenoxy) is 1. The SMILES string of the molecule is O=c1[nH]c(=O)n(C2OC(CO)C(O)C2O)cc1-n1cc(Cc2ccccc2)nn1. The van der Waals surface area contributed by atoms with Gasteiger partial charge in [0, 0.05) is 12.6 Å². The van der Waals surface area contributed by atoms with Gasteiger partial charge in [-0.15, -0.1) is 5.10 Å². The zero-order valence-electron chi connectivity index (χ0n) is 15.1. The van der Waals surface area contributed by atoms with Gasteiger partial charge in [0.1, 0.15) is 24.0 Å². The van der Waals surface area contributed by atoms with E-state index in [1.165, 1.54) is 10.9 Å². The van der Waals surface area contributed by atoms with Gasteiger partial charge in [0.05, 0.1) is 18.5 Å². The van der Waals surface area contributed by atoms with Gasteiger partial charge in [0.15, 0.2) is 6.23 Å². The van der Waals surface area contributed by atoms with Crippen LogP contribution in [-0.2, 0) is 11.2 Å². The molecule has 4 N–H and O–H groups in total. The number of nitrogens with zero attached hydrogens (tertiary/aromatic N) is 4. The van der Waals surface area contributed by atoms with Crippen molar-refractivity contribution in [2.75, 3.05) is 6.61 Å². The van der Waals surface area contributed by atoms with Crippen molar-refractivity contribution in [3.8, 4) is 5.69 Å². The molecule has 1 aliphatic rings. The number of benzene rings is 1. The number of aromatic nitrogens is 5. The zero-order chi connectivity index (χ0) is 20.5. The molecule has 0 radical (unpaired) electrons. The second-order valence-corrected chi connectivity index (χ2v) is 6.73. The maximum atomic E-state index is 12.3. The van der Waals surface area contributed by atoms with Crippen LogP contribution in [0.2, 0.25) is 0 Å². The third-order valence-corrected chi connectivity index (χ3v) is 4.76. The second-order valence-electron chi connectivity index (χ2n) is 6.73. The number of hydrogen-bond donors (Lipinski definition) is 4. The summed E-state index contributed by atoms with van der Waals surface area (Å²) < 4.78 is 7.52. The van der Waals surface area contributed by atoms with E-state index in [4.69, 9.17) is 4.74 Å². The summed E-state index contributed by atoms with van der Waals surface area (Å²) in [5, 5.41) is 37.3. The largest absolute Gasteiger partial charge is 0.394 e. The van der Waals surface area contributed by atoms with Crippen molar-refractivity contribution in [1.82, 2.24) is 24.5 Å². The third-order valence-electron chi connectivity index (χ3n) is 4.76. The van der Waals surface area contributed by atoms with Crippen molar-refractivity contribution in [2.24, 2.45) is 0 Å². The lowest BCUT2D eigenvalue weighted by Gasteiger charge is -2.17. The molecule has 3 heterocycles. The highest BCUT2D eigenvalue weighted by Crippen LogP contribution is 2.28. The first-order chi connectivity index (χ1) is 14.0. The van der Waals surface area contributed by atoms with Crippen LogP contribution in [0.4, 0.5) is 0 Å². The molecule has 1 fully saturated rings. The Morgan fingerprint density at radius 1 is 1.10 bits per heavy atom. The molecule has 1 saturated heterocycles. The molecule has 11 nitrogen and oxygen atoms in total. The molecule has 0 spiro atoms. The predicted octanol–water partition coefficient (Wildman–Crippen LogP) is -1.68. The van der Waals surface area contributed by atoms with E-state index in [-0.39, 0.29) is 5.69 Å². The monoisotopic (exact) mass is 401 g/mol. The van der Waals surface area contributed by atoms with Crippen LogP contribution < -0.4 is 11.2 Å². The molecule has 2 aromatic heterocycles. The van der Waals surface area contributed by atoms with Crippen LogP contribution >= 0.6 is 0 Å². The van der Waals surface area contributed by atoms with Crippen LogP contribution in [0.25, 0.3) is 5.69 Å². The minimum absolute atomic E-state index is 0.0193. The van der Waals surface area contributed by atoms with E-state index in [9.17, 15) is 24.9 Å². The maximum absolute atomic E-state index is 12.3. The minimum Gasteiger partial charge on any atom is -0.394 e. The van der Waals surface area contributed by atoms with Crippen LogP contribution in [0.5, 0.6) is 0 Å². The van der Waals surface area contributed by atoms with Crippen LogP contribution in [0.3, 0.4) is 0 Å². The summed E-state index contributed by atoms with van der Waals surface area (Å²) in [6.45, 7) is -0.536. The van der Waals surface area contributed by atoms with Gasteiger partial charge < -0.3 is 20.1 Å². The number of nitrogens with one attached hydrogen (secondary N) is 1. The van der Waals surface area contributed by atoms with Gasteiger partial charge in [-0.2, -0.15) is 0 Å². The summed E-state index contributed by atoms with van der Waals surface area (Å²) in [5.41, 5.74) is 0.0766. The predicted molar refractivity (Wildman–Crippen MR) is 98.5 cm³/mol. The summed E-state index contributed by atoms with van der Waals surface area (Å²) >= 11 is 0. The number of aromatic amines is 1. The van der Waals surface area contributed by atoms with Gasteiger partial charge in [-0.3, -0.25) is 14.3 Å². The first-order valence-electron chi connectivity index (χ1n) is 8.91. The summed E-state index contributed by atoms with van der Waals surface area (Å²) in [5.74, 6) is 0. The Morgan fingerprint density at radius 3 is 2.55 bits per heavy atom. The van der Waals surface area contributed by atoms with Crippen LogP contribution in [0.1, 0.15) is 17.5 Å². The fraction of sp³-hybridized carbons (Fsp3) is 0.333. The Balaban J connectivity index is 1.67. The molecule has 0 saturated carbocycles. The Morgan fingerprint density at radius 2 is 1.86 bits per heavy atom. The number of aliphatic hydroxyl groups excluding tert-OH is 3. The highest BCUT2D eigenvalue weighted by atomic mass is 16.6. The fourth-order valence-electron chi connectivity index (χ4n) is 3.24. The van der Waals surface area contributed by atoms with E-state index in [0.717, 1.165) is 10.1 Å². The molecule has 4 unspecified atom stereocenters. The maximum Gasteiger partial charge on any atom is 0.330 e. The van der Waals surface area contributed by atoms with Crippen LogP contribution in [0, 0.1) is 0 Å². The molecule has 1 aliphatic heterocycles. The Bertz CT molecular complexity index is 1110. The van der Waals surface area contributed by atoms with Gasteiger partial charge >= 0.3 is 5.69 Å². The molecule has 1 aromatic carbocycles. The minimum atomic E-state index is -1.46. The summed E-state index contributed by atoms with van der Waals surface area (Å²) in [4.78, 5) is 26.7. The molecule has 11 heteroatoms. The van der Waals surface area contributed by atoms with Crippen molar-refractivity contribution in [3.63, 3.8) is 0 Å². The smallest absolute Gasteiger partial charge is 0.330 e. The summed E-state index contributed by atoms with van der Waals surface area (Å²) in [6.07, 6.45) is -1.94. The van der Waals surface area contributed by atoms with Gasteiger partial charge in [-0.25, -0.2) is 9.48 Å². The van der Waals surface area contributed by atoms with E-state index < -0.39 is 42.4 Å². The molecule has 4 atom stereocenters. The van der Waals surface area contributed by atoms with Crippen molar-refractivity contribution in [3.05, 3.63) is 74.8 Å². The van der Waals surface area contributed by atoms with Gasteiger partial charge in [0.25, 0.3) is 5.56 Å². The van der Waals surface area contributed by atoms with Gasteiger partial charge in [0.2, 0.25) is 0 Å². The van der Waals surface area contributed by atoms with Crippen molar-refractivity contribution >= 4 is 0 Å². The number of aliphatic hydroxyl groups is 3. The first kappa shape index (κ1) is 19.2. The van der Waals surface area contributed by atoms with E-state index >= 15 is 0 Å². The van der Waals surface area contributed by atoms with E-state index in [2.05, 4.69) is 15.3 Å². The summed E-state index contributed by atoms with van der Waals surface area (Å²) in [7, 11) is 0.